The van der Waals surface area contributed by atoms with Gasteiger partial charge in [0.25, 0.3) is 5.91 Å². The van der Waals surface area contributed by atoms with Gasteiger partial charge in [0, 0.05) is 5.57 Å². The van der Waals surface area contributed by atoms with Crippen molar-refractivity contribution >= 4 is 23.6 Å². The van der Waals surface area contributed by atoms with Gasteiger partial charge in [0.05, 0.1) is 17.3 Å². The van der Waals surface area contributed by atoms with Gasteiger partial charge in [-0.25, -0.2) is 15.2 Å². The number of nitrogens with one attached hydrogen (secondary N) is 1. The lowest BCUT2D eigenvalue weighted by atomic mass is 10.1. The molecule has 6 nitrogen and oxygen atoms in total. The summed E-state index contributed by atoms with van der Waals surface area (Å²) >= 11 is 0. The average Bonchev–Trinajstić information content (AvgIpc) is 2.85. The maximum absolute atomic E-state index is 12.6. The van der Waals surface area contributed by atoms with Crippen molar-refractivity contribution in [2.45, 2.75) is 13.0 Å². The molecule has 1 fully saturated rings. The number of carboxylic acids is 1. The van der Waals surface area contributed by atoms with Crippen molar-refractivity contribution in [3.8, 4) is 5.75 Å². The van der Waals surface area contributed by atoms with E-state index in [1.807, 2.05) is 6.92 Å². The smallest absolute Gasteiger partial charge is 0.335 e. The molecule has 1 atom stereocenters. The highest BCUT2D eigenvalue weighted by molar-refractivity contribution is 6.11. The number of carbonyl (C=O) groups is 2. The number of carbonyl (C=O) groups excluding carboxylic acids is 1. The second-order valence-electron chi connectivity index (χ2n) is 5.53. The van der Waals surface area contributed by atoms with E-state index in [0.717, 1.165) is 5.56 Å². The Labute approximate surface area is 138 Å². The van der Waals surface area contributed by atoms with E-state index in [9.17, 15) is 14.7 Å². The van der Waals surface area contributed by atoms with E-state index in [1.165, 1.54) is 17.1 Å². The lowest BCUT2D eigenvalue weighted by Crippen LogP contribution is -2.36. The summed E-state index contributed by atoms with van der Waals surface area (Å²) in [4.78, 5) is 23.5. The molecule has 0 aromatic heterocycles. The van der Waals surface area contributed by atoms with E-state index >= 15 is 0 Å². The standard InChI is InChI=1S/C18H16N2O4/c1-11-16(10-12-2-8-15(21)9-3-12)17(22)20(19-11)14-6-4-13(5-7-14)18(23)24/h2-11,19,21H,1H3,(H,23,24). The molecule has 2 aromatic rings. The SMILES string of the molecule is CC1NN(c2ccc(C(=O)O)cc2)C(=O)C1=Cc1ccc(O)cc1. The first-order valence-electron chi connectivity index (χ1n) is 7.40. The third-order valence-corrected chi connectivity index (χ3v) is 3.83. The van der Waals surface area contributed by atoms with E-state index in [0.29, 0.717) is 11.3 Å². The van der Waals surface area contributed by atoms with E-state index in [1.54, 1.807) is 42.5 Å². The number of aromatic hydroxyl groups is 1. The van der Waals surface area contributed by atoms with Crippen LogP contribution in [0, 0.1) is 0 Å². The quantitative estimate of drug-likeness (QED) is 0.754. The normalized spacial score (nSPS) is 19.0. The number of nitrogens with zero attached hydrogens (tertiary/aromatic N) is 1. The van der Waals surface area contributed by atoms with E-state index in [4.69, 9.17) is 5.11 Å². The molecule has 1 unspecified atom stereocenters. The fourth-order valence-electron chi connectivity index (χ4n) is 2.52. The van der Waals surface area contributed by atoms with Crippen LogP contribution < -0.4 is 10.4 Å². The number of phenols is 1. The number of phenolic OH excluding ortho intramolecular Hbond substituents is 1. The minimum Gasteiger partial charge on any atom is -0.508 e. The van der Waals surface area contributed by atoms with Crippen molar-refractivity contribution in [3.05, 3.63) is 65.2 Å². The van der Waals surface area contributed by atoms with Crippen molar-refractivity contribution in [2.24, 2.45) is 0 Å². The summed E-state index contributed by atoms with van der Waals surface area (Å²) < 4.78 is 0. The zero-order valence-electron chi connectivity index (χ0n) is 12.9. The van der Waals surface area contributed by atoms with Crippen LogP contribution in [-0.2, 0) is 4.79 Å². The highest BCUT2D eigenvalue weighted by Gasteiger charge is 2.32. The lowest BCUT2D eigenvalue weighted by molar-refractivity contribution is -0.114. The number of rotatable bonds is 3. The van der Waals surface area contributed by atoms with Crippen LogP contribution in [0.15, 0.2) is 54.1 Å². The molecule has 1 saturated heterocycles. The van der Waals surface area contributed by atoms with Gasteiger partial charge in [-0.15, -0.1) is 0 Å². The molecule has 0 bridgehead atoms. The molecule has 0 saturated carbocycles. The van der Waals surface area contributed by atoms with E-state index < -0.39 is 5.97 Å². The van der Waals surface area contributed by atoms with Gasteiger partial charge < -0.3 is 10.2 Å². The van der Waals surface area contributed by atoms with Crippen molar-refractivity contribution in [1.82, 2.24) is 5.43 Å². The molecule has 3 N–H and O–H groups in total. The average molecular weight is 324 g/mol. The molecule has 6 heteroatoms. The maximum atomic E-state index is 12.6. The molecule has 1 aliphatic rings. The van der Waals surface area contributed by atoms with Crippen LogP contribution in [0.2, 0.25) is 0 Å². The topological polar surface area (TPSA) is 89.9 Å². The van der Waals surface area contributed by atoms with Crippen LogP contribution in [0.25, 0.3) is 6.08 Å². The molecule has 1 aliphatic heterocycles. The Morgan fingerprint density at radius 1 is 1.12 bits per heavy atom. The second-order valence-corrected chi connectivity index (χ2v) is 5.53. The molecule has 3 rings (SSSR count). The first-order valence-corrected chi connectivity index (χ1v) is 7.40. The van der Waals surface area contributed by atoms with Crippen molar-refractivity contribution < 1.29 is 19.8 Å². The largest absolute Gasteiger partial charge is 0.508 e. The van der Waals surface area contributed by atoms with Crippen molar-refractivity contribution in [2.75, 3.05) is 5.01 Å². The number of carboxylic acid groups (broad SMARTS) is 1. The number of hydrogen-bond donors (Lipinski definition) is 3. The molecule has 0 aliphatic carbocycles. The van der Waals surface area contributed by atoms with E-state index in [2.05, 4.69) is 5.43 Å². The van der Waals surface area contributed by atoms with Crippen LogP contribution in [0.1, 0.15) is 22.8 Å². The zero-order chi connectivity index (χ0) is 17.3. The molecular formula is C18H16N2O4. The predicted molar refractivity (Wildman–Crippen MR) is 89.6 cm³/mol. The van der Waals surface area contributed by atoms with Crippen LogP contribution in [0.3, 0.4) is 0 Å². The fraction of sp³-hybridized carbons (Fsp3) is 0.111. The summed E-state index contributed by atoms with van der Waals surface area (Å²) in [6, 6.07) is 12.5. The summed E-state index contributed by atoms with van der Waals surface area (Å²) in [5, 5.41) is 19.7. The lowest BCUT2D eigenvalue weighted by Gasteiger charge is -2.16. The van der Waals surface area contributed by atoms with Gasteiger partial charge in [-0.05, 0) is 55.0 Å². The van der Waals surface area contributed by atoms with Crippen molar-refractivity contribution in [3.63, 3.8) is 0 Å². The van der Waals surface area contributed by atoms with Gasteiger partial charge in [-0.3, -0.25) is 4.79 Å². The number of anilines is 1. The van der Waals surface area contributed by atoms with Gasteiger partial charge in [0.1, 0.15) is 5.75 Å². The van der Waals surface area contributed by atoms with Crippen LogP contribution in [-0.4, -0.2) is 28.1 Å². The van der Waals surface area contributed by atoms with Crippen LogP contribution >= 0.6 is 0 Å². The Bertz CT molecular complexity index is 810. The molecule has 122 valence electrons. The first kappa shape index (κ1) is 15.8. The molecule has 1 heterocycles. The first-order chi connectivity index (χ1) is 11.5. The van der Waals surface area contributed by atoms with Crippen molar-refractivity contribution in [1.29, 1.82) is 0 Å². The predicted octanol–water partition coefficient (Wildman–Crippen LogP) is 2.41. The van der Waals surface area contributed by atoms with Gasteiger partial charge in [0.15, 0.2) is 0 Å². The van der Waals surface area contributed by atoms with Gasteiger partial charge in [-0.2, -0.15) is 0 Å². The highest BCUT2D eigenvalue weighted by Crippen LogP contribution is 2.25. The fourth-order valence-corrected chi connectivity index (χ4v) is 2.52. The minimum absolute atomic E-state index is 0.165. The van der Waals surface area contributed by atoms with Gasteiger partial charge >= 0.3 is 5.97 Å². The molecule has 1 amide bonds. The summed E-state index contributed by atoms with van der Waals surface area (Å²) in [6.07, 6.45) is 1.77. The Hall–Kier alpha value is -3.12. The zero-order valence-corrected chi connectivity index (χ0v) is 12.9. The number of aromatic carboxylic acids is 1. The molecule has 0 spiro atoms. The Morgan fingerprint density at radius 2 is 1.75 bits per heavy atom. The summed E-state index contributed by atoms with van der Waals surface area (Å²) in [6.45, 7) is 1.87. The van der Waals surface area contributed by atoms with Gasteiger partial charge in [0.2, 0.25) is 0 Å². The number of hydrogen-bond acceptors (Lipinski definition) is 4. The minimum atomic E-state index is -1.01. The summed E-state index contributed by atoms with van der Waals surface area (Å²) in [5.41, 5.74) is 5.21. The molecule has 0 radical (unpaired) electrons. The highest BCUT2D eigenvalue weighted by atomic mass is 16.4. The van der Waals surface area contributed by atoms with Crippen LogP contribution in [0.4, 0.5) is 5.69 Å². The number of hydrazine groups is 1. The monoisotopic (exact) mass is 324 g/mol. The molecule has 2 aromatic carbocycles. The van der Waals surface area contributed by atoms with Crippen LogP contribution in [0.5, 0.6) is 5.75 Å². The Morgan fingerprint density at radius 3 is 2.33 bits per heavy atom. The third kappa shape index (κ3) is 3.00. The number of amides is 1. The Balaban J connectivity index is 1.87. The summed E-state index contributed by atoms with van der Waals surface area (Å²) in [5.74, 6) is -1.04. The van der Waals surface area contributed by atoms with Gasteiger partial charge in [-0.1, -0.05) is 12.1 Å². The number of benzene rings is 2. The Kier molecular flexibility index (Phi) is 4.05. The summed E-state index contributed by atoms with van der Waals surface area (Å²) in [7, 11) is 0. The maximum Gasteiger partial charge on any atom is 0.335 e. The van der Waals surface area contributed by atoms with E-state index in [-0.39, 0.29) is 23.3 Å². The second kappa shape index (κ2) is 6.17. The molecule has 24 heavy (non-hydrogen) atoms. The third-order valence-electron chi connectivity index (χ3n) is 3.83. The molecular weight excluding hydrogens is 308 g/mol.